The second-order valence-electron chi connectivity index (χ2n) is 6.03. The summed E-state index contributed by atoms with van der Waals surface area (Å²) in [5, 5.41) is 3.90. The largest absolute Gasteiger partial charge is 0.377 e. The zero-order valence-corrected chi connectivity index (χ0v) is 13.3. The lowest BCUT2D eigenvalue weighted by atomic mass is 10.0. The first-order valence-corrected chi connectivity index (χ1v) is 8.03. The number of fused-ring (bicyclic) bond motifs is 1. The Bertz CT molecular complexity index is 788. The van der Waals surface area contributed by atoms with Crippen molar-refractivity contribution < 1.29 is 27.6 Å². The molecule has 25 heavy (non-hydrogen) atoms. The van der Waals surface area contributed by atoms with Crippen LogP contribution in [-0.2, 0) is 22.5 Å². The maximum Gasteiger partial charge on any atom is 0.277 e. The minimum absolute atomic E-state index is 0.158. The van der Waals surface area contributed by atoms with Crippen LogP contribution in [-0.4, -0.2) is 42.3 Å². The molecule has 1 aromatic heterocycles. The van der Waals surface area contributed by atoms with E-state index in [9.17, 15) is 13.6 Å². The first-order chi connectivity index (χ1) is 12.1. The SMILES string of the molecule is O=C(c1noc2c1COCC2)N1CCOCC1c1cc(F)cc(F)c1. The molecule has 4 rings (SSSR count). The van der Waals surface area contributed by atoms with Gasteiger partial charge in [0.15, 0.2) is 5.69 Å². The van der Waals surface area contributed by atoms with E-state index in [0.29, 0.717) is 43.1 Å². The van der Waals surface area contributed by atoms with Crippen LogP contribution < -0.4 is 0 Å². The summed E-state index contributed by atoms with van der Waals surface area (Å²) in [5.41, 5.74) is 1.18. The Morgan fingerprint density at radius 3 is 2.76 bits per heavy atom. The second kappa shape index (κ2) is 6.53. The van der Waals surface area contributed by atoms with Crippen molar-refractivity contribution in [2.24, 2.45) is 0 Å². The van der Waals surface area contributed by atoms with Crippen molar-refractivity contribution in [3.05, 3.63) is 52.4 Å². The van der Waals surface area contributed by atoms with E-state index in [1.54, 1.807) is 0 Å². The van der Waals surface area contributed by atoms with Crippen LogP contribution in [0.25, 0.3) is 0 Å². The topological polar surface area (TPSA) is 64.8 Å². The van der Waals surface area contributed by atoms with E-state index in [2.05, 4.69) is 5.16 Å². The number of rotatable bonds is 2. The number of carbonyl (C=O) groups excluding carboxylic acids is 1. The van der Waals surface area contributed by atoms with Gasteiger partial charge in [-0.3, -0.25) is 4.79 Å². The van der Waals surface area contributed by atoms with E-state index in [0.717, 1.165) is 6.07 Å². The fourth-order valence-electron chi connectivity index (χ4n) is 3.22. The molecular weight excluding hydrogens is 334 g/mol. The van der Waals surface area contributed by atoms with Crippen molar-refractivity contribution in [2.45, 2.75) is 19.1 Å². The molecule has 6 nitrogen and oxygen atoms in total. The average Bonchev–Trinajstić information content (AvgIpc) is 3.04. The number of benzene rings is 1. The first kappa shape index (κ1) is 16.2. The third kappa shape index (κ3) is 3.03. The number of hydrogen-bond donors (Lipinski definition) is 0. The van der Waals surface area contributed by atoms with Crippen LogP contribution in [0.1, 0.15) is 33.4 Å². The molecule has 1 fully saturated rings. The molecule has 0 saturated carbocycles. The summed E-state index contributed by atoms with van der Waals surface area (Å²) in [5.74, 6) is -1.09. The molecule has 0 N–H and O–H groups in total. The molecule has 132 valence electrons. The fourth-order valence-corrected chi connectivity index (χ4v) is 3.22. The summed E-state index contributed by atoms with van der Waals surface area (Å²) >= 11 is 0. The molecule has 2 aliphatic heterocycles. The number of halogens is 2. The fraction of sp³-hybridized carbons (Fsp3) is 0.412. The van der Waals surface area contributed by atoms with Gasteiger partial charge in [-0.15, -0.1) is 0 Å². The summed E-state index contributed by atoms with van der Waals surface area (Å²) in [4.78, 5) is 14.5. The lowest BCUT2D eigenvalue weighted by Gasteiger charge is -2.35. The van der Waals surface area contributed by atoms with Crippen molar-refractivity contribution in [3.8, 4) is 0 Å². The monoisotopic (exact) mass is 350 g/mol. The summed E-state index contributed by atoms with van der Waals surface area (Å²) in [7, 11) is 0. The van der Waals surface area contributed by atoms with E-state index in [1.165, 1.54) is 17.0 Å². The average molecular weight is 350 g/mol. The maximum atomic E-state index is 13.6. The number of hydrogen-bond acceptors (Lipinski definition) is 5. The smallest absolute Gasteiger partial charge is 0.277 e. The van der Waals surface area contributed by atoms with Gasteiger partial charge < -0.3 is 18.9 Å². The van der Waals surface area contributed by atoms with Gasteiger partial charge in [0.2, 0.25) is 0 Å². The van der Waals surface area contributed by atoms with Gasteiger partial charge in [0.25, 0.3) is 5.91 Å². The minimum atomic E-state index is -0.694. The van der Waals surface area contributed by atoms with E-state index >= 15 is 0 Å². The highest BCUT2D eigenvalue weighted by molar-refractivity contribution is 5.94. The molecule has 1 atom stereocenters. The van der Waals surface area contributed by atoms with Crippen LogP contribution in [0.5, 0.6) is 0 Å². The van der Waals surface area contributed by atoms with Crippen molar-refractivity contribution in [2.75, 3.05) is 26.4 Å². The molecule has 3 heterocycles. The molecule has 1 aromatic carbocycles. The molecule has 1 saturated heterocycles. The molecule has 1 unspecified atom stereocenters. The molecule has 0 bridgehead atoms. The quantitative estimate of drug-likeness (QED) is 0.831. The number of nitrogens with zero attached hydrogens (tertiary/aromatic N) is 2. The van der Waals surface area contributed by atoms with Gasteiger partial charge in [-0.2, -0.15) is 0 Å². The van der Waals surface area contributed by atoms with Gasteiger partial charge in [-0.1, -0.05) is 5.16 Å². The maximum absolute atomic E-state index is 13.6. The van der Waals surface area contributed by atoms with Crippen LogP contribution in [0.15, 0.2) is 22.7 Å². The number of ether oxygens (including phenoxy) is 2. The van der Waals surface area contributed by atoms with Gasteiger partial charge >= 0.3 is 0 Å². The number of morpholine rings is 1. The Morgan fingerprint density at radius 1 is 1.16 bits per heavy atom. The lowest BCUT2D eigenvalue weighted by molar-refractivity contribution is -0.00354. The molecule has 2 aromatic rings. The highest BCUT2D eigenvalue weighted by Gasteiger charge is 2.34. The van der Waals surface area contributed by atoms with E-state index in [1.807, 2.05) is 0 Å². The van der Waals surface area contributed by atoms with Crippen molar-refractivity contribution in [1.29, 1.82) is 0 Å². The highest BCUT2D eigenvalue weighted by Crippen LogP contribution is 2.29. The Balaban J connectivity index is 1.67. The summed E-state index contributed by atoms with van der Waals surface area (Å²) in [6.45, 7) is 1.59. The zero-order valence-electron chi connectivity index (χ0n) is 13.3. The molecule has 0 spiro atoms. The highest BCUT2D eigenvalue weighted by atomic mass is 19.1. The predicted molar refractivity (Wildman–Crippen MR) is 80.8 cm³/mol. The zero-order chi connectivity index (χ0) is 17.4. The Morgan fingerprint density at radius 2 is 1.96 bits per heavy atom. The van der Waals surface area contributed by atoms with Crippen LogP contribution in [0.3, 0.4) is 0 Å². The molecular formula is C17H16F2N2O4. The molecule has 8 heteroatoms. The normalized spacial score (nSPS) is 20.4. The van der Waals surface area contributed by atoms with Crippen LogP contribution in [0.2, 0.25) is 0 Å². The van der Waals surface area contributed by atoms with Gasteiger partial charge in [-0.05, 0) is 17.7 Å². The summed E-state index contributed by atoms with van der Waals surface area (Å²) < 4.78 is 43.2. The van der Waals surface area contributed by atoms with Gasteiger partial charge in [-0.25, -0.2) is 8.78 Å². The predicted octanol–water partition coefficient (Wildman–Crippen LogP) is 2.24. The Hall–Kier alpha value is -2.32. The molecule has 1 amide bonds. The third-order valence-electron chi connectivity index (χ3n) is 4.45. The van der Waals surface area contributed by atoms with Crippen LogP contribution >= 0.6 is 0 Å². The first-order valence-electron chi connectivity index (χ1n) is 8.03. The minimum Gasteiger partial charge on any atom is -0.377 e. The Kier molecular flexibility index (Phi) is 4.22. The van der Waals surface area contributed by atoms with Crippen molar-refractivity contribution in [3.63, 3.8) is 0 Å². The van der Waals surface area contributed by atoms with E-state index in [-0.39, 0.29) is 24.8 Å². The standard InChI is InChI=1S/C17H16F2N2O4/c18-11-5-10(6-12(19)7-11)14-9-24-4-2-21(14)17(22)16-13-8-23-3-1-15(13)25-20-16/h5-7,14H,1-4,8-9H2. The number of aromatic nitrogens is 1. The summed E-state index contributed by atoms with van der Waals surface area (Å²) in [6, 6.07) is 2.63. The van der Waals surface area contributed by atoms with Crippen LogP contribution in [0, 0.1) is 11.6 Å². The third-order valence-corrected chi connectivity index (χ3v) is 4.45. The molecule has 0 aliphatic carbocycles. The van der Waals surface area contributed by atoms with E-state index < -0.39 is 17.7 Å². The van der Waals surface area contributed by atoms with Crippen LogP contribution in [0.4, 0.5) is 8.78 Å². The number of carbonyl (C=O) groups is 1. The second-order valence-corrected chi connectivity index (χ2v) is 6.03. The summed E-state index contributed by atoms with van der Waals surface area (Å²) in [6.07, 6.45) is 0.567. The number of amides is 1. The van der Waals surface area contributed by atoms with Crippen molar-refractivity contribution in [1.82, 2.24) is 10.1 Å². The van der Waals surface area contributed by atoms with Gasteiger partial charge in [0.1, 0.15) is 17.4 Å². The molecule has 0 radical (unpaired) electrons. The molecule has 2 aliphatic rings. The van der Waals surface area contributed by atoms with Gasteiger partial charge in [0, 0.05) is 19.0 Å². The van der Waals surface area contributed by atoms with Crippen molar-refractivity contribution >= 4 is 5.91 Å². The lowest BCUT2D eigenvalue weighted by Crippen LogP contribution is -2.44. The Labute approximate surface area is 142 Å². The van der Waals surface area contributed by atoms with E-state index in [4.69, 9.17) is 14.0 Å². The van der Waals surface area contributed by atoms with Gasteiger partial charge in [0.05, 0.1) is 38.0 Å².